The van der Waals surface area contributed by atoms with Gasteiger partial charge >= 0.3 is 5.97 Å². The fraction of sp³-hybridized carbons (Fsp3) is 0.905. The second kappa shape index (κ2) is 17.3. The summed E-state index contributed by atoms with van der Waals surface area (Å²) in [5.41, 5.74) is -0.906. The number of cyclic esters (lactones) is 1. The van der Waals surface area contributed by atoms with Crippen LogP contribution < -0.4 is 0 Å². The molecule has 4 saturated carbocycles. The van der Waals surface area contributed by atoms with Crippen LogP contribution in [-0.4, -0.2) is 178 Å². The molecule has 18 nitrogen and oxygen atoms in total. The van der Waals surface area contributed by atoms with E-state index in [0.717, 1.165) is 37.7 Å². The van der Waals surface area contributed by atoms with Gasteiger partial charge in [0.25, 0.3) is 0 Å². The highest BCUT2D eigenvalue weighted by atomic mass is 16.8. The third kappa shape index (κ3) is 7.42. The molecule has 0 aromatic heterocycles. The van der Waals surface area contributed by atoms with Crippen molar-refractivity contribution >= 4 is 12.3 Å². The monoisotopic (exact) mass is 856 g/mol. The van der Waals surface area contributed by atoms with Crippen molar-refractivity contribution in [2.45, 2.75) is 176 Å². The molecule has 0 aromatic carbocycles. The number of aliphatic hydroxyl groups is 8. The lowest BCUT2D eigenvalue weighted by Crippen LogP contribution is -2.65. The third-order valence-electron chi connectivity index (χ3n) is 16.2. The molecular formula is C42H64O18. The summed E-state index contributed by atoms with van der Waals surface area (Å²) in [6, 6.07) is 0. The second-order valence-corrected chi connectivity index (χ2v) is 18.9. The lowest BCUT2D eigenvalue weighted by molar-refractivity contribution is -0.373. The number of ether oxygens (including phenoxy) is 8. The predicted molar refractivity (Wildman–Crippen MR) is 202 cm³/mol. The van der Waals surface area contributed by atoms with Gasteiger partial charge in [-0.2, -0.15) is 0 Å². The van der Waals surface area contributed by atoms with Crippen LogP contribution in [0.15, 0.2) is 11.6 Å². The van der Waals surface area contributed by atoms with Crippen LogP contribution in [0.3, 0.4) is 0 Å². The molecule has 4 heterocycles. The summed E-state index contributed by atoms with van der Waals surface area (Å²) >= 11 is 0. The van der Waals surface area contributed by atoms with Crippen molar-refractivity contribution in [2.75, 3.05) is 26.9 Å². The molecule has 8 rings (SSSR count). The highest BCUT2D eigenvalue weighted by Gasteiger charge is 2.69. The number of aldehydes is 1. The highest BCUT2D eigenvalue weighted by molar-refractivity contribution is 5.85. The number of rotatable bonds is 11. The number of hydrogen-bond acceptors (Lipinski definition) is 18. The Morgan fingerprint density at radius 2 is 1.48 bits per heavy atom. The minimum atomic E-state index is -1.79. The zero-order valence-corrected chi connectivity index (χ0v) is 34.5. The molecule has 4 aliphatic carbocycles. The molecule has 22 atom stereocenters. The van der Waals surface area contributed by atoms with E-state index in [1.54, 1.807) is 13.0 Å². The molecule has 3 saturated heterocycles. The Morgan fingerprint density at radius 1 is 0.783 bits per heavy atom. The number of carbonyl (C=O) groups is 2. The zero-order valence-electron chi connectivity index (χ0n) is 34.5. The Balaban J connectivity index is 0.874. The van der Waals surface area contributed by atoms with Gasteiger partial charge < -0.3 is 83.5 Å². The van der Waals surface area contributed by atoms with Gasteiger partial charge in [-0.1, -0.05) is 6.92 Å². The van der Waals surface area contributed by atoms with E-state index >= 15 is 0 Å². The molecular weight excluding hydrogens is 792 g/mol. The Morgan fingerprint density at radius 3 is 2.15 bits per heavy atom. The molecule has 60 heavy (non-hydrogen) atoms. The van der Waals surface area contributed by atoms with Crippen LogP contribution in [0, 0.1) is 34.5 Å². The summed E-state index contributed by atoms with van der Waals surface area (Å²) in [6.45, 7) is 2.80. The number of carbonyl (C=O) groups excluding carboxylic acids is 2. The first-order chi connectivity index (χ1) is 28.6. The maximum absolute atomic E-state index is 13.3. The van der Waals surface area contributed by atoms with Crippen LogP contribution >= 0.6 is 0 Å². The molecule has 7 fully saturated rings. The van der Waals surface area contributed by atoms with Crippen molar-refractivity contribution in [3.8, 4) is 0 Å². The van der Waals surface area contributed by atoms with Crippen LogP contribution in [0.25, 0.3) is 0 Å². The number of hydrogen-bond donors (Lipinski definition) is 8. The lowest BCUT2D eigenvalue weighted by Gasteiger charge is -2.63. The number of aliphatic hydroxyl groups excluding tert-OH is 7. The molecule has 0 amide bonds. The standard InChI is InChI=1S/C42H64O18/c1-19-36(59-39-35(51)33(49)37(28(16-44)58-39)60-38-34(50)32(48)31(47)27(15-43)57-38)26(53-3)14-30(55-19)56-22-6-10-41(18-45)21(13-22)4-5-25-24(41)7-9-40(2)23(8-11-42(25,40)52)20-12-29(46)54-17-20/h12,18-19,21-28,30-39,43-44,47-52H,4-11,13-17H2,1-3H3/t19-,21+,22-,23+,24+,25+,26+,27+,28+,30-,31+,32-,33+,34+,35+,36-,37+,38-,39-,40+,41+,42-/m0/s1. The van der Waals surface area contributed by atoms with Crippen LogP contribution in [0.1, 0.15) is 78.1 Å². The molecule has 8 aliphatic rings. The van der Waals surface area contributed by atoms with Gasteiger partial charge in [-0.15, -0.1) is 0 Å². The summed E-state index contributed by atoms with van der Waals surface area (Å²) in [5.74, 6) is -0.110. The van der Waals surface area contributed by atoms with Crippen LogP contribution in [0.4, 0.5) is 0 Å². The van der Waals surface area contributed by atoms with E-state index in [2.05, 4.69) is 6.92 Å². The van der Waals surface area contributed by atoms with Crippen molar-refractivity contribution in [2.24, 2.45) is 34.5 Å². The van der Waals surface area contributed by atoms with Gasteiger partial charge in [-0.25, -0.2) is 4.79 Å². The van der Waals surface area contributed by atoms with Crippen LogP contribution in [0.5, 0.6) is 0 Å². The molecule has 18 heteroatoms. The molecule has 0 bridgehead atoms. The van der Waals surface area contributed by atoms with E-state index in [1.165, 1.54) is 13.4 Å². The van der Waals surface area contributed by atoms with Gasteiger partial charge in [-0.3, -0.25) is 0 Å². The summed E-state index contributed by atoms with van der Waals surface area (Å²) in [4.78, 5) is 25.2. The topological polar surface area (TPSA) is 270 Å². The Hall–Kier alpha value is -1.72. The molecule has 0 spiro atoms. The van der Waals surface area contributed by atoms with E-state index < -0.39 is 116 Å². The first kappa shape index (κ1) is 44.9. The van der Waals surface area contributed by atoms with E-state index in [-0.39, 0.29) is 48.8 Å². The van der Waals surface area contributed by atoms with Crippen molar-refractivity contribution in [3.63, 3.8) is 0 Å². The zero-order chi connectivity index (χ0) is 42.9. The van der Waals surface area contributed by atoms with Gasteiger partial charge in [0.05, 0.1) is 37.1 Å². The minimum Gasteiger partial charge on any atom is -0.458 e. The van der Waals surface area contributed by atoms with Gasteiger partial charge in [-0.05, 0) is 94.0 Å². The number of fused-ring (bicyclic) bond motifs is 5. The Labute approximate surface area is 349 Å². The van der Waals surface area contributed by atoms with Crippen molar-refractivity contribution < 1.29 is 88.3 Å². The molecule has 0 aromatic rings. The summed E-state index contributed by atoms with van der Waals surface area (Å²) in [5, 5.41) is 85.3. The average Bonchev–Trinajstić information content (AvgIpc) is 3.79. The number of esters is 1. The van der Waals surface area contributed by atoms with E-state index in [9.17, 15) is 50.4 Å². The van der Waals surface area contributed by atoms with Crippen LogP contribution in [0.2, 0.25) is 0 Å². The van der Waals surface area contributed by atoms with Gasteiger partial charge in [0, 0.05) is 30.4 Å². The fourth-order valence-corrected chi connectivity index (χ4v) is 13.0. The number of methoxy groups -OCH3 is 1. The summed E-state index contributed by atoms with van der Waals surface area (Å²) < 4.78 is 47.1. The van der Waals surface area contributed by atoms with E-state index in [4.69, 9.17) is 37.9 Å². The Kier molecular flexibility index (Phi) is 13.0. The largest absolute Gasteiger partial charge is 0.458 e. The molecule has 4 aliphatic heterocycles. The van der Waals surface area contributed by atoms with Gasteiger partial charge in [0.1, 0.15) is 67.8 Å². The molecule has 0 radical (unpaired) electrons. The van der Waals surface area contributed by atoms with Crippen molar-refractivity contribution in [1.82, 2.24) is 0 Å². The average molecular weight is 857 g/mol. The van der Waals surface area contributed by atoms with Crippen molar-refractivity contribution in [1.29, 1.82) is 0 Å². The minimum absolute atomic E-state index is 0.0120. The third-order valence-corrected chi connectivity index (χ3v) is 16.2. The van der Waals surface area contributed by atoms with Crippen molar-refractivity contribution in [3.05, 3.63) is 11.6 Å². The fourth-order valence-electron chi connectivity index (χ4n) is 13.0. The molecule has 340 valence electrons. The normalized spacial score (nSPS) is 53.1. The van der Waals surface area contributed by atoms with E-state index in [0.29, 0.717) is 25.7 Å². The second-order valence-electron chi connectivity index (χ2n) is 18.9. The SMILES string of the molecule is CO[C@@H]1C[C@H](O[C@H]2CC[C@@]3(C=O)[C@H](CC[C@@H]4[C@H]3CC[C@]3(C)[C@@H](C5=CC(=O)OC5)CC[C@]43O)C2)O[C@@H](C)[C@@H]1O[C@@H]1O[C@H](CO)[C@@H](O[C@@H]2O[C@H](CO)[C@@H](O)[C@H](O)[C@H]2O)[C@H](O)[C@H]1O. The summed E-state index contributed by atoms with van der Waals surface area (Å²) in [6.07, 6.45) is -9.10. The Bertz CT molecular complexity index is 1580. The molecule has 0 unspecified atom stereocenters. The summed E-state index contributed by atoms with van der Waals surface area (Å²) in [7, 11) is 1.51. The lowest BCUT2D eigenvalue weighted by atomic mass is 9.43. The predicted octanol–water partition coefficient (Wildman–Crippen LogP) is -1.03. The van der Waals surface area contributed by atoms with Gasteiger partial charge in [0.15, 0.2) is 18.9 Å². The highest BCUT2D eigenvalue weighted by Crippen LogP contribution is 2.69. The van der Waals surface area contributed by atoms with Crippen LogP contribution in [-0.2, 0) is 47.5 Å². The smallest absolute Gasteiger partial charge is 0.331 e. The maximum atomic E-state index is 13.3. The van der Waals surface area contributed by atoms with E-state index in [1.807, 2.05) is 0 Å². The quantitative estimate of drug-likeness (QED) is 0.0701. The first-order valence-electron chi connectivity index (χ1n) is 21.8. The first-order valence-corrected chi connectivity index (χ1v) is 21.8. The van der Waals surface area contributed by atoms with Gasteiger partial charge in [0.2, 0.25) is 0 Å². The molecule has 8 N–H and O–H groups in total. The maximum Gasteiger partial charge on any atom is 0.331 e.